The van der Waals surface area contributed by atoms with Crippen LogP contribution in [0.15, 0.2) is 108 Å². The molecule has 158 valence electrons. The number of aromatic nitrogens is 2. The van der Waals surface area contributed by atoms with Gasteiger partial charge < -0.3 is 4.98 Å². The summed E-state index contributed by atoms with van der Waals surface area (Å²) in [6, 6.07) is 15.9. The number of nitrogens with one attached hydrogen (secondary N) is 1. The van der Waals surface area contributed by atoms with E-state index in [1.165, 1.54) is 0 Å². The van der Waals surface area contributed by atoms with E-state index in [1.807, 2.05) is 60.1 Å². The zero-order valence-corrected chi connectivity index (χ0v) is 18.5. The van der Waals surface area contributed by atoms with Crippen molar-refractivity contribution in [1.29, 1.82) is 0 Å². The topological polar surface area (TPSA) is 45.8 Å². The number of benzene rings is 1. The number of pyridine rings is 2. The van der Waals surface area contributed by atoms with Gasteiger partial charge in [-0.3, -0.25) is 9.78 Å². The summed E-state index contributed by atoms with van der Waals surface area (Å²) in [6.07, 6.45) is 17.4. The van der Waals surface area contributed by atoms with Crippen LogP contribution in [-0.2, 0) is 0 Å². The summed E-state index contributed by atoms with van der Waals surface area (Å²) in [5.41, 5.74) is 4.61. The minimum atomic E-state index is -0.0699. The highest BCUT2D eigenvalue weighted by Crippen LogP contribution is 2.35. The fourth-order valence-electron chi connectivity index (χ4n) is 3.66. The minimum absolute atomic E-state index is 0.0699. The van der Waals surface area contributed by atoms with Gasteiger partial charge in [-0.2, -0.15) is 0 Å². The Labute approximate surface area is 191 Å². The Balaban J connectivity index is 1.72. The maximum Gasteiger partial charge on any atom is 0.257 e. The number of H-pyrrole nitrogens is 1. The van der Waals surface area contributed by atoms with Crippen molar-refractivity contribution in [3.8, 4) is 10.4 Å². The van der Waals surface area contributed by atoms with E-state index in [0.29, 0.717) is 6.42 Å². The number of allylic oxidation sites excluding steroid dienone is 6. The number of hydrogen-bond donors (Lipinski definition) is 1. The van der Waals surface area contributed by atoms with Crippen LogP contribution in [0, 0.1) is 0 Å². The van der Waals surface area contributed by atoms with Gasteiger partial charge in [-0.1, -0.05) is 66.8 Å². The van der Waals surface area contributed by atoms with Crippen LogP contribution in [0.3, 0.4) is 0 Å². The first kappa shape index (κ1) is 21.5. The first-order valence-electron chi connectivity index (χ1n) is 10.5. The molecule has 3 nitrogen and oxygen atoms in total. The standard InChI is InChI=1S/C28H24N2OS/c1-2-11-22(14-6-4-3-5-12-21-13-9-18-29-20-21)26-23-15-7-8-16-24(23)30-28(31)27(26)25-17-10-19-32-25/h2,4-10,12-20H,1,3,11H2,(H,30,31)/b6-4-,12-5+,22-14+. The monoisotopic (exact) mass is 436 g/mol. The lowest BCUT2D eigenvalue weighted by atomic mass is 9.93. The summed E-state index contributed by atoms with van der Waals surface area (Å²) in [7, 11) is 0. The van der Waals surface area contributed by atoms with Gasteiger partial charge in [-0.25, -0.2) is 0 Å². The Hall–Kier alpha value is -3.76. The van der Waals surface area contributed by atoms with Gasteiger partial charge in [0.25, 0.3) is 5.56 Å². The molecule has 0 saturated carbocycles. The minimum Gasteiger partial charge on any atom is -0.321 e. The van der Waals surface area contributed by atoms with Crippen molar-refractivity contribution >= 4 is 33.9 Å². The first-order chi connectivity index (χ1) is 15.8. The van der Waals surface area contributed by atoms with Gasteiger partial charge in [0.15, 0.2) is 0 Å². The van der Waals surface area contributed by atoms with Gasteiger partial charge in [-0.15, -0.1) is 17.9 Å². The highest BCUT2D eigenvalue weighted by Gasteiger charge is 2.17. The zero-order valence-electron chi connectivity index (χ0n) is 17.7. The molecule has 1 aromatic carbocycles. The molecule has 0 bridgehead atoms. The average Bonchev–Trinajstić information content (AvgIpc) is 3.35. The van der Waals surface area contributed by atoms with Crippen LogP contribution in [0.2, 0.25) is 0 Å². The summed E-state index contributed by atoms with van der Waals surface area (Å²) in [5.74, 6) is 0. The second kappa shape index (κ2) is 10.5. The fourth-order valence-corrected chi connectivity index (χ4v) is 4.44. The number of fused-ring (bicyclic) bond motifs is 1. The Morgan fingerprint density at radius 2 is 2.00 bits per heavy atom. The lowest BCUT2D eigenvalue weighted by Gasteiger charge is -2.14. The lowest BCUT2D eigenvalue weighted by molar-refractivity contribution is 1.29. The van der Waals surface area contributed by atoms with E-state index in [9.17, 15) is 4.79 Å². The van der Waals surface area contributed by atoms with Crippen molar-refractivity contribution in [2.24, 2.45) is 0 Å². The van der Waals surface area contributed by atoms with Crippen molar-refractivity contribution in [3.63, 3.8) is 0 Å². The van der Waals surface area contributed by atoms with Crippen LogP contribution in [0.5, 0.6) is 0 Å². The molecule has 32 heavy (non-hydrogen) atoms. The molecule has 0 aliphatic carbocycles. The fraction of sp³-hybridized carbons (Fsp3) is 0.0714. The predicted molar refractivity (Wildman–Crippen MR) is 138 cm³/mol. The summed E-state index contributed by atoms with van der Waals surface area (Å²) in [4.78, 5) is 21.2. The molecule has 3 heterocycles. The summed E-state index contributed by atoms with van der Waals surface area (Å²) < 4.78 is 0. The molecular formula is C28H24N2OS. The molecule has 0 amide bonds. The van der Waals surface area contributed by atoms with Crippen LogP contribution < -0.4 is 5.56 Å². The molecule has 1 N–H and O–H groups in total. The molecule has 3 aromatic heterocycles. The molecule has 0 spiro atoms. The van der Waals surface area contributed by atoms with Crippen LogP contribution in [0.1, 0.15) is 24.0 Å². The molecule has 4 heteroatoms. The molecule has 0 unspecified atom stereocenters. The van der Waals surface area contributed by atoms with Crippen LogP contribution in [0.25, 0.3) is 33.0 Å². The highest BCUT2D eigenvalue weighted by atomic mass is 32.1. The van der Waals surface area contributed by atoms with E-state index in [1.54, 1.807) is 17.5 Å². The van der Waals surface area contributed by atoms with E-state index in [-0.39, 0.29) is 5.56 Å². The molecule has 0 radical (unpaired) electrons. The van der Waals surface area contributed by atoms with Crippen LogP contribution in [-0.4, -0.2) is 9.97 Å². The average molecular weight is 437 g/mol. The van der Waals surface area contributed by atoms with Gasteiger partial charge in [-0.05, 0) is 47.6 Å². The quantitative estimate of drug-likeness (QED) is 0.233. The highest BCUT2D eigenvalue weighted by molar-refractivity contribution is 7.13. The smallest absolute Gasteiger partial charge is 0.257 e. The van der Waals surface area contributed by atoms with Crippen molar-refractivity contribution in [2.75, 3.05) is 0 Å². The van der Waals surface area contributed by atoms with E-state index in [4.69, 9.17) is 0 Å². The Bertz CT molecular complexity index is 1340. The second-order valence-corrected chi connectivity index (χ2v) is 8.21. The van der Waals surface area contributed by atoms with Gasteiger partial charge in [0.05, 0.1) is 5.56 Å². The molecule has 4 rings (SSSR count). The van der Waals surface area contributed by atoms with Gasteiger partial charge >= 0.3 is 0 Å². The number of aromatic amines is 1. The number of rotatable bonds is 8. The Morgan fingerprint density at radius 1 is 1.09 bits per heavy atom. The molecule has 4 aromatic rings. The SMILES string of the molecule is C=CC/C(=C\C=C/C/C=C/c1cccnc1)c1c(-c2cccs2)c(=O)[nH]c2ccccc12. The molecule has 0 fully saturated rings. The molecule has 0 aliphatic rings. The maximum absolute atomic E-state index is 13.1. The first-order valence-corrected chi connectivity index (χ1v) is 11.4. The number of nitrogens with zero attached hydrogens (tertiary/aromatic N) is 1. The van der Waals surface area contributed by atoms with Crippen LogP contribution >= 0.6 is 11.3 Å². The Morgan fingerprint density at radius 3 is 2.78 bits per heavy atom. The summed E-state index contributed by atoms with van der Waals surface area (Å²) in [6.45, 7) is 3.95. The van der Waals surface area contributed by atoms with Crippen LogP contribution in [0.4, 0.5) is 0 Å². The number of hydrogen-bond acceptors (Lipinski definition) is 3. The van der Waals surface area contributed by atoms with Gasteiger partial charge in [0.1, 0.15) is 0 Å². The van der Waals surface area contributed by atoms with Crippen molar-refractivity contribution in [1.82, 2.24) is 9.97 Å². The van der Waals surface area contributed by atoms with Crippen molar-refractivity contribution in [2.45, 2.75) is 12.8 Å². The van der Waals surface area contributed by atoms with E-state index in [0.717, 1.165) is 44.5 Å². The zero-order chi connectivity index (χ0) is 22.2. The summed E-state index contributed by atoms with van der Waals surface area (Å²) in [5, 5.41) is 3.03. The third-order valence-corrected chi connectivity index (χ3v) is 5.96. The van der Waals surface area contributed by atoms with E-state index < -0.39 is 0 Å². The van der Waals surface area contributed by atoms with Crippen molar-refractivity contribution in [3.05, 3.63) is 125 Å². The third kappa shape index (κ3) is 4.93. The maximum atomic E-state index is 13.1. The second-order valence-electron chi connectivity index (χ2n) is 7.26. The number of para-hydroxylation sites is 1. The van der Waals surface area contributed by atoms with Gasteiger partial charge in [0, 0.05) is 33.7 Å². The predicted octanol–water partition coefficient (Wildman–Crippen LogP) is 7.27. The lowest BCUT2D eigenvalue weighted by Crippen LogP contribution is -2.12. The molecule has 0 aliphatic heterocycles. The number of thiophene rings is 1. The largest absolute Gasteiger partial charge is 0.321 e. The Kier molecular flexibility index (Phi) is 7.05. The summed E-state index contributed by atoms with van der Waals surface area (Å²) >= 11 is 1.58. The molecule has 0 atom stereocenters. The van der Waals surface area contributed by atoms with Crippen molar-refractivity contribution < 1.29 is 0 Å². The van der Waals surface area contributed by atoms with E-state index in [2.05, 4.69) is 53.0 Å². The molecular weight excluding hydrogens is 412 g/mol. The molecule has 0 saturated heterocycles. The third-order valence-electron chi connectivity index (χ3n) is 5.07. The normalized spacial score (nSPS) is 12.2. The van der Waals surface area contributed by atoms with Gasteiger partial charge in [0.2, 0.25) is 0 Å². The van der Waals surface area contributed by atoms with E-state index >= 15 is 0 Å².